The van der Waals surface area contributed by atoms with Crippen molar-refractivity contribution < 1.29 is 9.69 Å². The van der Waals surface area contributed by atoms with Crippen molar-refractivity contribution in [2.75, 3.05) is 25.2 Å². The van der Waals surface area contributed by atoms with Crippen molar-refractivity contribution >= 4 is 23.4 Å². The molecule has 1 amide bonds. The van der Waals surface area contributed by atoms with Gasteiger partial charge < -0.3 is 10.2 Å². The summed E-state index contributed by atoms with van der Waals surface area (Å²) in [6.45, 7) is 5.38. The summed E-state index contributed by atoms with van der Waals surface area (Å²) in [5, 5.41) is 3.00. The summed E-state index contributed by atoms with van der Waals surface area (Å²) in [7, 11) is 2.05. The third-order valence-corrected chi connectivity index (χ3v) is 4.38. The molecule has 0 radical (unpaired) electrons. The van der Waals surface area contributed by atoms with Crippen LogP contribution in [0.15, 0.2) is 47.4 Å². The minimum Gasteiger partial charge on any atom is -0.326 e. The van der Waals surface area contributed by atoms with Gasteiger partial charge in [-0.05, 0) is 55.5 Å². The van der Waals surface area contributed by atoms with Gasteiger partial charge in [0.2, 0.25) is 0 Å². The van der Waals surface area contributed by atoms with E-state index in [-0.39, 0.29) is 5.91 Å². The summed E-state index contributed by atoms with van der Waals surface area (Å²) in [5.74, 6) is 0.0493. The van der Waals surface area contributed by atoms with Gasteiger partial charge in [0.15, 0.2) is 6.54 Å². The molecule has 0 saturated heterocycles. The molecule has 2 rings (SSSR count). The van der Waals surface area contributed by atoms with Crippen LogP contribution in [0.2, 0.25) is 0 Å². The Labute approximate surface area is 143 Å². The van der Waals surface area contributed by atoms with Gasteiger partial charge in [-0.3, -0.25) is 4.79 Å². The summed E-state index contributed by atoms with van der Waals surface area (Å²) >= 11 is 1.74. The lowest BCUT2D eigenvalue weighted by Crippen LogP contribution is -3.08. The number of benzene rings is 2. The summed E-state index contributed by atoms with van der Waals surface area (Å²) in [6, 6.07) is 14.6. The molecule has 0 fully saturated rings. The van der Waals surface area contributed by atoms with Gasteiger partial charge in [-0.1, -0.05) is 18.2 Å². The number of hydrogen-bond acceptors (Lipinski definition) is 2. The van der Waals surface area contributed by atoms with E-state index >= 15 is 0 Å². The van der Waals surface area contributed by atoms with Crippen LogP contribution < -0.4 is 10.2 Å². The van der Waals surface area contributed by atoms with E-state index in [1.807, 2.05) is 33.0 Å². The maximum atomic E-state index is 12.2. The van der Waals surface area contributed by atoms with E-state index in [2.05, 4.69) is 41.9 Å². The molecule has 0 saturated carbocycles. The molecule has 122 valence electrons. The second kappa shape index (κ2) is 8.18. The van der Waals surface area contributed by atoms with E-state index in [9.17, 15) is 4.79 Å². The van der Waals surface area contributed by atoms with Crippen molar-refractivity contribution in [2.24, 2.45) is 0 Å². The molecular weight excluding hydrogens is 304 g/mol. The van der Waals surface area contributed by atoms with E-state index < -0.39 is 0 Å². The van der Waals surface area contributed by atoms with Gasteiger partial charge in [0, 0.05) is 16.1 Å². The first kappa shape index (κ1) is 17.6. The van der Waals surface area contributed by atoms with Gasteiger partial charge in [0.05, 0.1) is 7.05 Å². The molecule has 2 aromatic carbocycles. The summed E-state index contributed by atoms with van der Waals surface area (Å²) in [4.78, 5) is 14.6. The van der Waals surface area contributed by atoms with Crippen molar-refractivity contribution in [1.82, 2.24) is 0 Å². The van der Waals surface area contributed by atoms with Crippen LogP contribution in [0.25, 0.3) is 0 Å². The zero-order valence-corrected chi connectivity index (χ0v) is 15.1. The van der Waals surface area contributed by atoms with E-state index in [1.165, 1.54) is 15.4 Å². The number of likely N-dealkylation sites (N-methyl/N-ethyl adjacent to an activating group) is 1. The van der Waals surface area contributed by atoms with Gasteiger partial charge in [0.25, 0.3) is 5.91 Å². The quantitative estimate of drug-likeness (QED) is 0.799. The number of thioether (sulfide) groups is 1. The minimum absolute atomic E-state index is 0.0493. The Morgan fingerprint density at radius 2 is 1.70 bits per heavy atom. The molecule has 1 unspecified atom stereocenters. The van der Waals surface area contributed by atoms with Gasteiger partial charge >= 0.3 is 0 Å². The Hall–Kier alpha value is -1.78. The Morgan fingerprint density at radius 1 is 1.09 bits per heavy atom. The topological polar surface area (TPSA) is 33.5 Å². The molecule has 0 spiro atoms. The molecule has 23 heavy (non-hydrogen) atoms. The maximum Gasteiger partial charge on any atom is 0.279 e. The lowest BCUT2D eigenvalue weighted by Gasteiger charge is -2.14. The fourth-order valence-electron chi connectivity index (χ4n) is 2.68. The third kappa shape index (κ3) is 5.73. The molecular formula is C19H25N2OS+. The molecule has 2 aromatic rings. The average molecular weight is 329 g/mol. The van der Waals surface area contributed by atoms with Crippen LogP contribution >= 0.6 is 11.8 Å². The van der Waals surface area contributed by atoms with Crippen LogP contribution in [0, 0.1) is 13.8 Å². The molecule has 0 aliphatic carbocycles. The van der Waals surface area contributed by atoms with Crippen LogP contribution in [0.3, 0.4) is 0 Å². The minimum atomic E-state index is 0.0493. The number of anilines is 1. The van der Waals surface area contributed by atoms with Crippen molar-refractivity contribution in [1.29, 1.82) is 0 Å². The van der Waals surface area contributed by atoms with Crippen LogP contribution in [0.5, 0.6) is 0 Å². The lowest BCUT2D eigenvalue weighted by molar-refractivity contribution is -0.885. The first-order valence-electron chi connectivity index (χ1n) is 7.78. The highest BCUT2D eigenvalue weighted by Gasteiger charge is 2.11. The van der Waals surface area contributed by atoms with Gasteiger partial charge in [-0.25, -0.2) is 0 Å². The molecule has 0 aromatic heterocycles. The average Bonchev–Trinajstić information content (AvgIpc) is 2.46. The third-order valence-electron chi connectivity index (χ3n) is 3.63. The largest absolute Gasteiger partial charge is 0.326 e. The van der Waals surface area contributed by atoms with Gasteiger partial charge in [-0.15, -0.1) is 11.8 Å². The highest BCUT2D eigenvalue weighted by Crippen LogP contribution is 2.14. The predicted molar refractivity (Wildman–Crippen MR) is 98.2 cm³/mol. The summed E-state index contributed by atoms with van der Waals surface area (Å²) in [5.41, 5.74) is 4.45. The normalized spacial score (nSPS) is 12.0. The van der Waals surface area contributed by atoms with E-state index in [0.29, 0.717) is 6.54 Å². The molecule has 1 atom stereocenters. The number of quaternary nitrogens is 1. The highest BCUT2D eigenvalue weighted by atomic mass is 32.2. The van der Waals surface area contributed by atoms with Crippen molar-refractivity contribution in [3.63, 3.8) is 0 Å². The first-order chi connectivity index (χ1) is 11.0. The number of nitrogens with one attached hydrogen (secondary N) is 2. The number of carbonyl (C=O) groups excluding carboxylic acids is 1. The second-order valence-corrected chi connectivity index (χ2v) is 6.96. The van der Waals surface area contributed by atoms with Gasteiger partial charge in [0.1, 0.15) is 6.54 Å². The zero-order valence-electron chi connectivity index (χ0n) is 14.3. The standard InChI is InChI=1S/C19H24N2OS/c1-14-9-15(2)11-17(10-14)20-19(22)13-21(3)12-16-5-7-18(23-4)8-6-16/h5-11H,12-13H2,1-4H3,(H,20,22)/p+1. The van der Waals surface area contributed by atoms with E-state index in [1.54, 1.807) is 11.8 Å². The van der Waals surface area contributed by atoms with Crippen molar-refractivity contribution in [2.45, 2.75) is 25.3 Å². The van der Waals surface area contributed by atoms with Crippen molar-refractivity contribution in [3.05, 3.63) is 59.2 Å². The first-order valence-corrected chi connectivity index (χ1v) is 9.01. The smallest absolute Gasteiger partial charge is 0.279 e. The molecule has 0 heterocycles. The number of amides is 1. The number of hydrogen-bond donors (Lipinski definition) is 2. The van der Waals surface area contributed by atoms with E-state index in [4.69, 9.17) is 0 Å². The van der Waals surface area contributed by atoms with Crippen molar-refractivity contribution in [3.8, 4) is 0 Å². The maximum absolute atomic E-state index is 12.2. The highest BCUT2D eigenvalue weighted by molar-refractivity contribution is 7.98. The Morgan fingerprint density at radius 3 is 2.26 bits per heavy atom. The number of aryl methyl sites for hydroxylation is 2. The molecule has 0 aliphatic heterocycles. The van der Waals surface area contributed by atoms with Crippen LogP contribution in [-0.4, -0.2) is 25.8 Å². The predicted octanol–water partition coefficient (Wildman–Crippen LogP) is 2.68. The Balaban J connectivity index is 1.88. The molecule has 2 N–H and O–H groups in total. The molecule has 3 nitrogen and oxygen atoms in total. The fraction of sp³-hybridized carbons (Fsp3) is 0.316. The Kier molecular flexibility index (Phi) is 6.25. The SMILES string of the molecule is CSc1ccc(C[NH+](C)CC(=O)Nc2cc(C)cc(C)c2)cc1. The zero-order chi connectivity index (χ0) is 16.8. The van der Waals surface area contributed by atoms with E-state index in [0.717, 1.165) is 23.4 Å². The Bertz CT molecular complexity index is 647. The molecule has 0 bridgehead atoms. The van der Waals surface area contributed by atoms with Crippen LogP contribution in [0.4, 0.5) is 5.69 Å². The molecule has 0 aliphatic rings. The summed E-state index contributed by atoms with van der Waals surface area (Å²) < 4.78 is 0. The monoisotopic (exact) mass is 329 g/mol. The molecule has 4 heteroatoms. The fourth-order valence-corrected chi connectivity index (χ4v) is 3.09. The van der Waals surface area contributed by atoms with Gasteiger partial charge in [-0.2, -0.15) is 0 Å². The number of carbonyl (C=O) groups is 1. The second-order valence-electron chi connectivity index (χ2n) is 6.08. The summed E-state index contributed by atoms with van der Waals surface area (Å²) in [6.07, 6.45) is 2.07. The lowest BCUT2D eigenvalue weighted by atomic mass is 10.1. The van der Waals surface area contributed by atoms with Crippen LogP contribution in [-0.2, 0) is 11.3 Å². The van der Waals surface area contributed by atoms with Crippen LogP contribution in [0.1, 0.15) is 16.7 Å². The number of rotatable bonds is 6.